The number of phenolic OH excluding ortho intramolecular Hbond substituents is 3. The summed E-state index contributed by atoms with van der Waals surface area (Å²) in [5, 5.41) is 129. The first-order valence-electron chi connectivity index (χ1n) is 32.3. The van der Waals surface area contributed by atoms with Gasteiger partial charge in [0.1, 0.15) is 89.8 Å². The molecule has 8 aliphatic rings. The third kappa shape index (κ3) is 16.4. The maximum atomic E-state index is 16.1. The fourth-order valence-electron chi connectivity index (χ4n) is 12.8. The number of primary amides is 1. The smallest absolute Gasteiger partial charge is 0.330 e. The van der Waals surface area contributed by atoms with Gasteiger partial charge in [-0.2, -0.15) is 0 Å². The topological polar surface area (TPSA) is 504 Å². The number of ether oxygens (including phenoxy) is 6. The van der Waals surface area contributed by atoms with Gasteiger partial charge in [-0.3, -0.25) is 33.6 Å². The number of benzene rings is 4. The molecule has 2 fully saturated rings. The Morgan fingerprint density at radius 1 is 0.743 bits per heavy atom. The van der Waals surface area contributed by atoms with Gasteiger partial charge >= 0.3 is 5.97 Å². The molecule has 0 spiro atoms. The second-order valence-corrected chi connectivity index (χ2v) is 26.8. The molecule has 1 aliphatic carbocycles. The summed E-state index contributed by atoms with van der Waals surface area (Å²) in [4.78, 5) is 118. The summed E-state index contributed by atoms with van der Waals surface area (Å²) in [6.45, 7) is 6.03. The number of carboxylic acid groups (broad SMARTS) is 1. The normalized spacial score (nSPS) is 30.4. The van der Waals surface area contributed by atoms with Gasteiger partial charge in [0.2, 0.25) is 53.4 Å². The van der Waals surface area contributed by atoms with Crippen molar-refractivity contribution in [1.29, 1.82) is 0 Å². The van der Waals surface area contributed by atoms with Crippen LogP contribution in [0.15, 0.2) is 83.4 Å². The van der Waals surface area contributed by atoms with Crippen molar-refractivity contribution in [1.82, 2.24) is 37.2 Å². The standard InChI is InChI=1S/C67H78Cl2N8O24/c1-24(2)12-36(71-5)60(88)77-53-55(84)29-8-11-42(35(69)16-29)98-45-18-30-17-44(59(45)101-67-58(87)57(86)56(85)46(23-78)100-67)97-41-10-7-27(15-34(41)68)43(99-48-13-25(3)54(83)26(4)96-48)21-37-61(89)76-52(66(94)95)33-19-31(79)20-40(81)49(33)32-14-28(6-9-39(32)80)50(63(91)72-37)75-64(92)51(30)74-62(90)38(22-47(70)82)73-65(53)93/h6-10,14-20,24-26,36-38,42-43,46,48,50-58,67,71,78-81,83-87H,11-13,21-23H2,1-5H3,(H2,70,82)(H,72,91)(H,73,93)(H,74,90)(H,75,92)(H,76,89)(H,77,88)(H,94,95)/t25-,26?,36-,37+,38+,42?,43+,46?,48?,50?,51-,52+,53-,54?,55?,56?,57?,58?,67?/m1/s1. The number of halogens is 2. The number of hydrogen-bond donors (Lipinski definition) is 18. The van der Waals surface area contributed by atoms with E-state index in [1.165, 1.54) is 37.4 Å². The zero-order chi connectivity index (χ0) is 73.3. The summed E-state index contributed by atoms with van der Waals surface area (Å²) < 4.78 is 38.3. The number of aliphatic hydroxyl groups is 6. The van der Waals surface area contributed by atoms with Crippen LogP contribution in [0.25, 0.3) is 11.1 Å². The zero-order valence-corrected chi connectivity index (χ0v) is 56.3. The van der Waals surface area contributed by atoms with Crippen LogP contribution in [0, 0.1) is 11.8 Å². The lowest BCUT2D eigenvalue weighted by Gasteiger charge is -2.40. The Balaban J connectivity index is 1.24. The fourth-order valence-corrected chi connectivity index (χ4v) is 13.3. The van der Waals surface area contributed by atoms with Crippen LogP contribution in [-0.4, -0.2) is 198 Å². The lowest BCUT2D eigenvalue weighted by atomic mass is 9.89. The van der Waals surface area contributed by atoms with E-state index in [1.807, 2.05) is 13.8 Å². The minimum absolute atomic E-state index is 0.0452. The molecular weight excluding hydrogens is 1370 g/mol. The molecule has 32 nitrogen and oxygen atoms in total. The fraction of sp³-hybridized carbons (Fsp3) is 0.463. The first-order chi connectivity index (χ1) is 47.8. The van der Waals surface area contributed by atoms with E-state index in [1.54, 1.807) is 13.8 Å². The van der Waals surface area contributed by atoms with Crippen LogP contribution in [0.5, 0.6) is 40.2 Å². The molecule has 4 aromatic rings. The zero-order valence-electron chi connectivity index (χ0n) is 54.7. The molecule has 0 aromatic heterocycles. The van der Waals surface area contributed by atoms with E-state index in [0.717, 1.165) is 42.5 Å². The number of carbonyl (C=O) groups excluding carboxylic acids is 7. The van der Waals surface area contributed by atoms with Crippen LogP contribution < -0.4 is 57.2 Å². The van der Waals surface area contributed by atoms with E-state index < -0.39 is 239 Å². The van der Waals surface area contributed by atoms with Crippen LogP contribution in [0.2, 0.25) is 5.02 Å². The first-order valence-corrected chi connectivity index (χ1v) is 33.0. The maximum absolute atomic E-state index is 16.1. The Morgan fingerprint density at radius 2 is 1.44 bits per heavy atom. The van der Waals surface area contributed by atoms with Gasteiger partial charge in [0.15, 0.2) is 23.8 Å². The number of fused-ring (bicyclic) bond motifs is 15. The summed E-state index contributed by atoms with van der Waals surface area (Å²) in [6.07, 6.45) is -16.7. The van der Waals surface area contributed by atoms with Gasteiger partial charge in [-0.15, -0.1) is 0 Å². The van der Waals surface area contributed by atoms with Crippen LogP contribution in [0.4, 0.5) is 0 Å². The molecule has 11 bridgehead atoms. The SMILES string of the molecule is CN[C@H](CC(C)C)C(=O)N[C@H]1C(=O)N[C@@H](CC(N)=O)C(=O)N[C@H]2C(=O)NC3C(=O)N[C@@H](C[C@H](OC4C[C@@H](C)C(O)C(C)O4)c4ccc(c(Cl)c4)Oc4cc2cc(c4OC2OC(CO)C(O)C(O)C2O)OC2CC=C(C=C2Cl)C1O)C(=O)N[C@H](C(=O)O)c1cc(O)cc(O)c1-c1cc3ccc1O. The number of rotatable bonds is 13. The minimum Gasteiger partial charge on any atom is -0.508 e. The van der Waals surface area contributed by atoms with Gasteiger partial charge in [0.25, 0.3) is 0 Å². The summed E-state index contributed by atoms with van der Waals surface area (Å²) >= 11 is 14.3. The van der Waals surface area contributed by atoms with Gasteiger partial charge in [0.05, 0.1) is 47.4 Å². The molecule has 101 heavy (non-hydrogen) atoms. The number of nitrogens with two attached hydrogens (primary N) is 1. The van der Waals surface area contributed by atoms with Crippen molar-refractivity contribution in [3.8, 4) is 51.4 Å². The third-order valence-electron chi connectivity index (χ3n) is 18.2. The molecule has 4 aromatic carbocycles. The first kappa shape index (κ1) is 74.8. The summed E-state index contributed by atoms with van der Waals surface area (Å²) in [7, 11) is 1.48. The van der Waals surface area contributed by atoms with Crippen LogP contribution in [-0.2, 0) is 52.6 Å². The third-order valence-corrected chi connectivity index (χ3v) is 18.8. The summed E-state index contributed by atoms with van der Waals surface area (Å²) in [5.41, 5.74) is 3.59. The predicted molar refractivity (Wildman–Crippen MR) is 351 cm³/mol. The predicted octanol–water partition coefficient (Wildman–Crippen LogP) is 0.497. The quantitative estimate of drug-likeness (QED) is 0.0866. The number of aliphatic hydroxyl groups excluding tert-OH is 6. The highest BCUT2D eigenvalue weighted by molar-refractivity contribution is 6.32. The van der Waals surface area contributed by atoms with Crippen molar-refractivity contribution in [3.05, 3.63) is 111 Å². The minimum atomic E-state index is -2.30. The second-order valence-electron chi connectivity index (χ2n) is 25.9. The van der Waals surface area contributed by atoms with Crippen LogP contribution >= 0.6 is 23.2 Å². The number of carboxylic acids is 1. The number of carbonyl (C=O) groups is 8. The molecule has 7 aliphatic heterocycles. The molecule has 12 rings (SSSR count). The van der Waals surface area contributed by atoms with Gasteiger partial charge in [-0.1, -0.05) is 62.2 Å². The largest absolute Gasteiger partial charge is 0.508 e. The summed E-state index contributed by atoms with van der Waals surface area (Å²) in [6, 6.07) is -2.69. The van der Waals surface area contributed by atoms with E-state index in [4.69, 9.17) is 57.4 Å². The Labute approximate surface area is 586 Å². The number of likely N-dealkylation sites (N-methyl/N-ethyl adjacent to an activating group) is 1. The molecule has 19 N–H and O–H groups in total. The highest BCUT2D eigenvalue weighted by Crippen LogP contribution is 2.49. The second kappa shape index (κ2) is 31.1. The van der Waals surface area contributed by atoms with Crippen molar-refractivity contribution < 1.29 is 118 Å². The molecular formula is C67H78Cl2N8O24. The van der Waals surface area contributed by atoms with E-state index in [2.05, 4.69) is 37.2 Å². The highest BCUT2D eigenvalue weighted by atomic mass is 35.5. The van der Waals surface area contributed by atoms with Gasteiger partial charge in [-0.25, -0.2) is 4.79 Å². The molecule has 7 heterocycles. The van der Waals surface area contributed by atoms with E-state index in [-0.39, 0.29) is 57.7 Å². The number of aliphatic carboxylic acids is 1. The van der Waals surface area contributed by atoms with Crippen molar-refractivity contribution in [2.24, 2.45) is 17.6 Å². The highest BCUT2D eigenvalue weighted by Gasteiger charge is 2.47. The lowest BCUT2D eigenvalue weighted by Crippen LogP contribution is -2.61. The van der Waals surface area contributed by atoms with Crippen LogP contribution in [0.3, 0.4) is 0 Å². The monoisotopic (exact) mass is 1450 g/mol. The average molecular weight is 1450 g/mol. The van der Waals surface area contributed by atoms with Gasteiger partial charge < -0.3 is 122 Å². The molecule has 2 saturated heterocycles. The van der Waals surface area contributed by atoms with Crippen molar-refractivity contribution in [2.45, 2.75) is 170 Å². The van der Waals surface area contributed by atoms with E-state index in [0.29, 0.717) is 0 Å². The molecule has 34 heteroatoms. The molecule has 0 saturated carbocycles. The molecule has 0 radical (unpaired) electrons. The van der Waals surface area contributed by atoms with Crippen molar-refractivity contribution in [2.75, 3.05) is 13.7 Å². The Hall–Kier alpha value is -8.90. The molecule has 11 unspecified atom stereocenters. The van der Waals surface area contributed by atoms with Gasteiger partial charge in [-0.05, 0) is 103 Å². The molecule has 544 valence electrons. The number of hydrogen-bond acceptors (Lipinski definition) is 24. The number of amides is 7. The van der Waals surface area contributed by atoms with E-state index >= 15 is 19.2 Å². The molecule has 19 atom stereocenters. The number of phenols is 3. The number of nitrogens with one attached hydrogen (secondary N) is 7. The molecule has 7 amide bonds. The average Bonchev–Trinajstić information content (AvgIpc) is 1.17. The summed E-state index contributed by atoms with van der Waals surface area (Å²) in [5.74, 6) is -15.2. The van der Waals surface area contributed by atoms with Crippen molar-refractivity contribution >= 4 is 70.5 Å². The number of aromatic hydroxyl groups is 3. The Kier molecular flexibility index (Phi) is 23.1. The Bertz CT molecular complexity index is 3940. The van der Waals surface area contributed by atoms with Crippen molar-refractivity contribution in [3.63, 3.8) is 0 Å². The van der Waals surface area contributed by atoms with E-state index in [9.17, 15) is 70.2 Å². The van der Waals surface area contributed by atoms with Crippen LogP contribution in [0.1, 0.15) is 106 Å². The lowest BCUT2D eigenvalue weighted by molar-refractivity contribution is -0.277. The maximum Gasteiger partial charge on any atom is 0.330 e. The Morgan fingerprint density at radius 3 is 2.10 bits per heavy atom. The van der Waals surface area contributed by atoms with Gasteiger partial charge in [0, 0.05) is 42.0 Å².